The van der Waals surface area contributed by atoms with Crippen molar-refractivity contribution < 1.29 is 4.57 Å². The van der Waals surface area contributed by atoms with E-state index in [-0.39, 0.29) is 0 Å². The molecule has 0 aliphatic carbocycles. The van der Waals surface area contributed by atoms with Gasteiger partial charge in [0.25, 0.3) is 10.3 Å². The summed E-state index contributed by atoms with van der Waals surface area (Å²) in [5.74, 6) is 0. The second-order valence-electron chi connectivity index (χ2n) is 4.19. The number of hydrogen-bond donors (Lipinski definition) is 1. The molecule has 3 rings (SSSR count). The van der Waals surface area contributed by atoms with Crippen LogP contribution in [0.1, 0.15) is 5.56 Å². The summed E-state index contributed by atoms with van der Waals surface area (Å²) in [5, 5.41) is 3.47. The highest BCUT2D eigenvalue weighted by Crippen LogP contribution is 2.17. The summed E-state index contributed by atoms with van der Waals surface area (Å²) in [6, 6.07) is 14.7. The zero-order valence-electron chi connectivity index (χ0n) is 9.53. The summed E-state index contributed by atoms with van der Waals surface area (Å²) in [6.07, 6.45) is 1.78. The second-order valence-corrected chi connectivity index (χ2v) is 4.92. The molecule has 0 saturated heterocycles. The van der Waals surface area contributed by atoms with Crippen LogP contribution < -0.4 is 4.57 Å². The van der Waals surface area contributed by atoms with Crippen molar-refractivity contribution in [3.8, 4) is 0 Å². The molecule has 0 amide bonds. The van der Waals surface area contributed by atoms with E-state index in [1.54, 1.807) is 6.33 Å². The summed E-state index contributed by atoms with van der Waals surface area (Å²) < 4.78 is 1.88. The van der Waals surface area contributed by atoms with Gasteiger partial charge in [-0.1, -0.05) is 36.4 Å². The molecule has 0 aliphatic rings. The van der Waals surface area contributed by atoms with Crippen LogP contribution in [0, 0.1) is 0 Å². The number of benzene rings is 2. The minimum Gasteiger partial charge on any atom is -0.233 e. The van der Waals surface area contributed by atoms with Gasteiger partial charge in [-0.05, 0) is 45.6 Å². The van der Waals surface area contributed by atoms with Gasteiger partial charge >= 0.3 is 0 Å². The van der Waals surface area contributed by atoms with Crippen LogP contribution in [0.4, 0.5) is 0 Å². The molecule has 4 heteroatoms. The molecule has 0 radical (unpaired) electrons. The van der Waals surface area contributed by atoms with Gasteiger partial charge < -0.3 is 0 Å². The quantitative estimate of drug-likeness (QED) is 0.688. The van der Waals surface area contributed by atoms with Crippen molar-refractivity contribution in [2.24, 2.45) is 0 Å². The molecule has 90 valence electrons. The molecular weight excluding hydrogens is 267 g/mol. The molecule has 3 aromatic rings. The molecule has 18 heavy (non-hydrogen) atoms. The first-order valence-corrected chi connectivity index (χ1v) is 6.39. The first-order chi connectivity index (χ1) is 8.74. The average Bonchev–Trinajstić information content (AvgIpc) is 2.71. The molecule has 1 aromatic heterocycles. The zero-order valence-corrected chi connectivity index (χ0v) is 11.0. The van der Waals surface area contributed by atoms with Crippen molar-refractivity contribution >= 4 is 34.0 Å². The number of imidazole rings is 1. The minimum absolute atomic E-state index is 0.470. The molecule has 2 aromatic carbocycles. The summed E-state index contributed by atoms with van der Waals surface area (Å²) in [6.45, 7) is 0.701. The number of nitrogens with zero attached hydrogens (tertiary/aromatic N) is 1. The number of aromatic nitrogens is 2. The summed E-state index contributed by atoms with van der Waals surface area (Å²) in [5.41, 5.74) is 1.19. The maximum absolute atomic E-state index is 6.08. The van der Waals surface area contributed by atoms with Crippen LogP contribution in [0.5, 0.6) is 0 Å². The smallest absolute Gasteiger partial charge is 0.233 e. The molecule has 0 fully saturated rings. The first kappa shape index (κ1) is 11.6. The number of hydrogen-bond acceptors (Lipinski definition) is 0. The highest BCUT2D eigenvalue weighted by Gasteiger charge is 2.13. The third-order valence-electron chi connectivity index (χ3n) is 2.95. The highest BCUT2D eigenvalue weighted by atomic mass is 35.5. The third kappa shape index (κ3) is 2.09. The predicted octanol–water partition coefficient (Wildman–Crippen LogP) is 3.81. The van der Waals surface area contributed by atoms with E-state index in [0.717, 1.165) is 0 Å². The molecule has 0 aliphatic heterocycles. The molecule has 0 saturated carbocycles. The lowest BCUT2D eigenvalue weighted by Crippen LogP contribution is -2.32. The predicted molar refractivity (Wildman–Crippen MR) is 74.1 cm³/mol. The van der Waals surface area contributed by atoms with Gasteiger partial charge in [0.15, 0.2) is 0 Å². The Hall–Kier alpha value is -1.51. The van der Waals surface area contributed by atoms with E-state index in [1.807, 2.05) is 16.7 Å². The molecule has 1 heterocycles. The van der Waals surface area contributed by atoms with Gasteiger partial charge in [0.1, 0.15) is 6.54 Å². The fourth-order valence-corrected chi connectivity index (χ4v) is 2.35. The van der Waals surface area contributed by atoms with Gasteiger partial charge in [-0.15, -0.1) is 0 Å². The van der Waals surface area contributed by atoms with Crippen molar-refractivity contribution in [1.29, 1.82) is 0 Å². The number of halogens is 2. The second kappa shape index (κ2) is 4.63. The number of rotatable bonds is 2. The van der Waals surface area contributed by atoms with Crippen LogP contribution >= 0.6 is 23.2 Å². The van der Waals surface area contributed by atoms with E-state index in [1.165, 1.54) is 16.3 Å². The molecule has 2 nitrogen and oxygen atoms in total. The van der Waals surface area contributed by atoms with E-state index < -0.39 is 0 Å². The van der Waals surface area contributed by atoms with Crippen LogP contribution in [-0.2, 0) is 6.54 Å². The standard InChI is InChI=1S/C14H10Cl2N2/c15-13-14(16)18(9-17-13)8-10-5-6-11-3-1-2-4-12(11)7-10/h1-7,9H,8H2/p+1. The number of nitrogens with one attached hydrogen (secondary N) is 1. The molecule has 0 bridgehead atoms. The van der Waals surface area contributed by atoms with E-state index in [0.29, 0.717) is 16.9 Å². The maximum atomic E-state index is 6.08. The third-order valence-corrected chi connectivity index (χ3v) is 3.74. The lowest BCUT2D eigenvalue weighted by atomic mass is 10.1. The molecule has 0 atom stereocenters. The van der Waals surface area contributed by atoms with Gasteiger partial charge in [-0.2, -0.15) is 0 Å². The number of fused-ring (bicyclic) bond motifs is 1. The lowest BCUT2D eigenvalue weighted by Gasteiger charge is -2.02. The van der Waals surface area contributed by atoms with Gasteiger partial charge in [-0.3, -0.25) is 0 Å². The largest absolute Gasteiger partial charge is 0.255 e. The Morgan fingerprint density at radius 3 is 2.50 bits per heavy atom. The Morgan fingerprint density at radius 2 is 1.78 bits per heavy atom. The van der Waals surface area contributed by atoms with Crippen molar-refractivity contribution in [3.63, 3.8) is 0 Å². The fraction of sp³-hybridized carbons (Fsp3) is 0.0714. The first-order valence-electron chi connectivity index (χ1n) is 5.63. The van der Waals surface area contributed by atoms with E-state index in [9.17, 15) is 0 Å². The van der Waals surface area contributed by atoms with Crippen LogP contribution in [-0.4, -0.2) is 4.98 Å². The van der Waals surface area contributed by atoms with E-state index in [4.69, 9.17) is 23.2 Å². The van der Waals surface area contributed by atoms with Crippen LogP contribution in [0.25, 0.3) is 10.8 Å². The monoisotopic (exact) mass is 277 g/mol. The Morgan fingerprint density at radius 1 is 1.00 bits per heavy atom. The van der Waals surface area contributed by atoms with Gasteiger partial charge in [-0.25, -0.2) is 9.55 Å². The van der Waals surface area contributed by atoms with Gasteiger partial charge in [0, 0.05) is 0 Å². The number of H-pyrrole nitrogens is 1. The summed E-state index contributed by atoms with van der Waals surface area (Å²) in [7, 11) is 0. The molecule has 0 unspecified atom stereocenters. The molecular formula is C14H11Cl2N2+. The lowest BCUT2D eigenvalue weighted by molar-refractivity contribution is -0.684. The Balaban J connectivity index is 1.98. The average molecular weight is 278 g/mol. The zero-order chi connectivity index (χ0) is 12.5. The fourth-order valence-electron chi connectivity index (χ4n) is 2.03. The maximum Gasteiger partial charge on any atom is 0.255 e. The number of aromatic amines is 1. The normalized spacial score (nSPS) is 11.0. The van der Waals surface area contributed by atoms with Crippen LogP contribution in [0.3, 0.4) is 0 Å². The summed E-state index contributed by atoms with van der Waals surface area (Å²) in [4.78, 5) is 2.89. The highest BCUT2D eigenvalue weighted by molar-refractivity contribution is 6.39. The minimum atomic E-state index is 0.470. The summed E-state index contributed by atoms with van der Waals surface area (Å²) >= 11 is 12.0. The Labute approximate surface area is 115 Å². The van der Waals surface area contributed by atoms with Gasteiger partial charge in [0.2, 0.25) is 6.33 Å². The Bertz CT molecular complexity index is 704. The SMILES string of the molecule is Clc1[nH]c[n+](Cc2ccc3ccccc3c2)c1Cl. The van der Waals surface area contributed by atoms with Crippen molar-refractivity contribution in [2.75, 3.05) is 0 Å². The molecule has 0 spiro atoms. The Kier molecular flexibility index (Phi) is 2.98. The van der Waals surface area contributed by atoms with Crippen molar-refractivity contribution in [3.05, 3.63) is 64.7 Å². The van der Waals surface area contributed by atoms with Gasteiger partial charge in [0.05, 0.1) is 0 Å². The molecule has 1 N–H and O–H groups in total. The van der Waals surface area contributed by atoms with Crippen LogP contribution in [0.15, 0.2) is 48.8 Å². The van der Waals surface area contributed by atoms with Crippen molar-refractivity contribution in [2.45, 2.75) is 6.54 Å². The topological polar surface area (TPSA) is 19.7 Å². The van der Waals surface area contributed by atoms with E-state index in [2.05, 4.69) is 35.3 Å². The van der Waals surface area contributed by atoms with E-state index >= 15 is 0 Å². The van der Waals surface area contributed by atoms with Crippen LogP contribution in [0.2, 0.25) is 10.3 Å². The van der Waals surface area contributed by atoms with Crippen molar-refractivity contribution in [1.82, 2.24) is 4.98 Å².